The van der Waals surface area contributed by atoms with Crippen molar-refractivity contribution in [1.82, 2.24) is 0 Å². The van der Waals surface area contributed by atoms with Gasteiger partial charge in [0.1, 0.15) is 5.75 Å². The Morgan fingerprint density at radius 3 is 2.43 bits per heavy atom. The third-order valence-corrected chi connectivity index (χ3v) is 4.71. The lowest BCUT2D eigenvalue weighted by atomic mass is 9.78. The Bertz CT molecular complexity index is 692. The molecule has 4 nitrogen and oxygen atoms in total. The van der Waals surface area contributed by atoms with E-state index in [0.717, 1.165) is 31.2 Å². The van der Waals surface area contributed by atoms with Crippen molar-refractivity contribution < 1.29 is 9.53 Å². The number of ether oxygens (including phenoxy) is 1. The van der Waals surface area contributed by atoms with Crippen molar-refractivity contribution in [3.63, 3.8) is 0 Å². The quantitative estimate of drug-likeness (QED) is 0.846. The Morgan fingerprint density at radius 1 is 1.13 bits per heavy atom. The Balaban J connectivity index is 1.87. The average molecular weight is 310 g/mol. The first-order valence-electron chi connectivity index (χ1n) is 7.96. The number of methoxy groups -OCH3 is 1. The summed E-state index contributed by atoms with van der Waals surface area (Å²) in [6.45, 7) is 0. The predicted octanol–water partition coefficient (Wildman–Crippen LogP) is 3.73. The first kappa shape index (κ1) is 15.4. The molecule has 0 atom stereocenters. The summed E-state index contributed by atoms with van der Waals surface area (Å²) in [6, 6.07) is 15.4. The standard InChI is InChI=1S/C19H22N2O2/c1-23-17-10-9-15(13-16(17)20)21-18(22)19(11-5-6-12-19)14-7-3-2-4-8-14/h2-4,7-10,13H,5-6,11-12,20H2,1H3,(H,21,22). The van der Waals surface area contributed by atoms with Gasteiger partial charge in [-0.3, -0.25) is 4.79 Å². The molecule has 0 heterocycles. The highest BCUT2D eigenvalue weighted by atomic mass is 16.5. The molecule has 0 radical (unpaired) electrons. The number of nitrogens with two attached hydrogens (primary N) is 1. The van der Waals surface area contributed by atoms with Crippen molar-refractivity contribution in [2.75, 3.05) is 18.2 Å². The van der Waals surface area contributed by atoms with Gasteiger partial charge < -0.3 is 15.8 Å². The molecule has 0 aromatic heterocycles. The van der Waals surface area contributed by atoms with Crippen LogP contribution in [0.2, 0.25) is 0 Å². The average Bonchev–Trinajstić information content (AvgIpc) is 3.07. The van der Waals surface area contributed by atoms with Gasteiger partial charge in [0.2, 0.25) is 5.91 Å². The number of benzene rings is 2. The molecule has 23 heavy (non-hydrogen) atoms. The molecule has 1 fully saturated rings. The van der Waals surface area contributed by atoms with E-state index >= 15 is 0 Å². The zero-order valence-electron chi connectivity index (χ0n) is 13.3. The van der Waals surface area contributed by atoms with Gasteiger partial charge in [-0.2, -0.15) is 0 Å². The van der Waals surface area contributed by atoms with Crippen LogP contribution in [0.15, 0.2) is 48.5 Å². The topological polar surface area (TPSA) is 64.3 Å². The van der Waals surface area contributed by atoms with E-state index in [1.807, 2.05) is 36.4 Å². The molecule has 3 rings (SSSR count). The van der Waals surface area contributed by atoms with Gasteiger partial charge in [-0.1, -0.05) is 43.2 Å². The molecule has 2 aromatic carbocycles. The number of nitrogen functional groups attached to an aromatic ring is 1. The molecule has 3 N–H and O–H groups in total. The normalized spacial score (nSPS) is 16.0. The van der Waals surface area contributed by atoms with E-state index in [-0.39, 0.29) is 5.91 Å². The van der Waals surface area contributed by atoms with E-state index in [1.165, 1.54) is 0 Å². The molecule has 1 saturated carbocycles. The molecule has 1 amide bonds. The van der Waals surface area contributed by atoms with Crippen molar-refractivity contribution in [3.05, 3.63) is 54.1 Å². The van der Waals surface area contributed by atoms with E-state index < -0.39 is 5.41 Å². The summed E-state index contributed by atoms with van der Waals surface area (Å²) in [6.07, 6.45) is 3.92. The summed E-state index contributed by atoms with van der Waals surface area (Å²) in [5.74, 6) is 0.660. The van der Waals surface area contributed by atoms with Gasteiger partial charge in [0.15, 0.2) is 0 Å². The van der Waals surface area contributed by atoms with Crippen molar-refractivity contribution in [2.24, 2.45) is 0 Å². The molecule has 120 valence electrons. The number of carbonyl (C=O) groups excluding carboxylic acids is 1. The molecule has 4 heteroatoms. The lowest BCUT2D eigenvalue weighted by molar-refractivity contribution is -0.121. The molecule has 0 bridgehead atoms. The number of rotatable bonds is 4. The van der Waals surface area contributed by atoms with Crippen LogP contribution >= 0.6 is 0 Å². The van der Waals surface area contributed by atoms with Gasteiger partial charge in [-0.05, 0) is 36.6 Å². The van der Waals surface area contributed by atoms with E-state index in [9.17, 15) is 4.79 Å². The summed E-state index contributed by atoms with van der Waals surface area (Å²) >= 11 is 0. The number of nitrogens with one attached hydrogen (secondary N) is 1. The summed E-state index contributed by atoms with van der Waals surface area (Å²) in [5.41, 5.74) is 7.81. The summed E-state index contributed by atoms with van der Waals surface area (Å²) in [5, 5.41) is 3.04. The maximum absolute atomic E-state index is 13.0. The minimum atomic E-state index is -0.435. The molecular formula is C19H22N2O2. The van der Waals surface area contributed by atoms with E-state index in [1.54, 1.807) is 19.2 Å². The Kier molecular flexibility index (Phi) is 4.24. The van der Waals surface area contributed by atoms with Crippen LogP contribution in [0, 0.1) is 0 Å². The lowest BCUT2D eigenvalue weighted by Gasteiger charge is -2.28. The first-order valence-corrected chi connectivity index (χ1v) is 7.96. The molecule has 0 aliphatic heterocycles. The van der Waals surface area contributed by atoms with Crippen LogP contribution in [-0.2, 0) is 10.2 Å². The van der Waals surface area contributed by atoms with Gasteiger partial charge >= 0.3 is 0 Å². The Hall–Kier alpha value is -2.49. The summed E-state index contributed by atoms with van der Waals surface area (Å²) in [7, 11) is 1.58. The summed E-state index contributed by atoms with van der Waals surface area (Å²) < 4.78 is 5.16. The molecular weight excluding hydrogens is 288 g/mol. The molecule has 0 saturated heterocycles. The highest BCUT2D eigenvalue weighted by Gasteiger charge is 2.42. The van der Waals surface area contributed by atoms with Gasteiger partial charge in [-0.25, -0.2) is 0 Å². The van der Waals surface area contributed by atoms with Crippen LogP contribution in [0.1, 0.15) is 31.2 Å². The highest BCUT2D eigenvalue weighted by molar-refractivity contribution is 5.99. The monoisotopic (exact) mass is 310 g/mol. The zero-order valence-corrected chi connectivity index (χ0v) is 13.3. The number of hydrogen-bond donors (Lipinski definition) is 2. The van der Waals surface area contributed by atoms with Gasteiger partial charge in [0, 0.05) is 5.69 Å². The van der Waals surface area contributed by atoms with Crippen molar-refractivity contribution in [2.45, 2.75) is 31.1 Å². The third-order valence-electron chi connectivity index (χ3n) is 4.71. The van der Waals surface area contributed by atoms with Crippen LogP contribution in [0.4, 0.5) is 11.4 Å². The van der Waals surface area contributed by atoms with Crippen LogP contribution in [0.3, 0.4) is 0 Å². The molecule has 0 unspecified atom stereocenters. The van der Waals surface area contributed by atoms with Crippen LogP contribution in [0.5, 0.6) is 5.75 Å². The largest absolute Gasteiger partial charge is 0.495 e. The van der Waals surface area contributed by atoms with E-state index in [2.05, 4.69) is 5.32 Å². The van der Waals surface area contributed by atoms with Crippen LogP contribution in [-0.4, -0.2) is 13.0 Å². The Morgan fingerprint density at radius 2 is 1.83 bits per heavy atom. The smallest absolute Gasteiger partial charge is 0.235 e. The first-order chi connectivity index (χ1) is 11.2. The molecule has 1 aliphatic carbocycles. The van der Waals surface area contributed by atoms with Gasteiger partial charge in [0.05, 0.1) is 18.2 Å². The second kappa shape index (κ2) is 6.32. The highest BCUT2D eigenvalue weighted by Crippen LogP contribution is 2.42. The molecule has 0 spiro atoms. The van der Waals surface area contributed by atoms with E-state index in [0.29, 0.717) is 17.1 Å². The van der Waals surface area contributed by atoms with Crippen LogP contribution < -0.4 is 15.8 Å². The Labute approximate surface area is 136 Å². The predicted molar refractivity (Wildman–Crippen MR) is 92.6 cm³/mol. The number of anilines is 2. The second-order valence-corrected chi connectivity index (χ2v) is 6.07. The minimum absolute atomic E-state index is 0.0470. The fourth-order valence-electron chi connectivity index (χ4n) is 3.45. The lowest BCUT2D eigenvalue weighted by Crippen LogP contribution is -2.37. The molecule has 2 aromatic rings. The van der Waals surface area contributed by atoms with Gasteiger partial charge in [0.25, 0.3) is 0 Å². The molecule has 1 aliphatic rings. The van der Waals surface area contributed by atoms with Crippen molar-refractivity contribution >= 4 is 17.3 Å². The number of amides is 1. The number of carbonyl (C=O) groups is 1. The minimum Gasteiger partial charge on any atom is -0.495 e. The SMILES string of the molecule is COc1ccc(NC(=O)C2(c3ccccc3)CCCC2)cc1N. The fraction of sp³-hybridized carbons (Fsp3) is 0.316. The van der Waals surface area contributed by atoms with Crippen molar-refractivity contribution in [1.29, 1.82) is 0 Å². The maximum atomic E-state index is 13.0. The van der Waals surface area contributed by atoms with Crippen molar-refractivity contribution in [3.8, 4) is 5.75 Å². The van der Waals surface area contributed by atoms with Crippen LogP contribution in [0.25, 0.3) is 0 Å². The summed E-state index contributed by atoms with van der Waals surface area (Å²) in [4.78, 5) is 13.0. The van der Waals surface area contributed by atoms with E-state index in [4.69, 9.17) is 10.5 Å². The second-order valence-electron chi connectivity index (χ2n) is 6.07. The maximum Gasteiger partial charge on any atom is 0.235 e. The fourth-order valence-corrected chi connectivity index (χ4v) is 3.45. The van der Waals surface area contributed by atoms with Gasteiger partial charge in [-0.15, -0.1) is 0 Å². The third kappa shape index (κ3) is 2.89. The zero-order chi connectivity index (χ0) is 16.3. The number of hydrogen-bond acceptors (Lipinski definition) is 3.